The van der Waals surface area contributed by atoms with Crippen molar-refractivity contribution in [2.45, 2.75) is 33.2 Å². The standard InChI is InChI=1S/C13H16BrNO5/c1-4-8-11(14)10(12(17)18)9(6-16)15(8)7(3)13(19)20-5-2/h6-7H,4-5H2,1-3H3,(H,17,18). The van der Waals surface area contributed by atoms with Gasteiger partial charge in [-0.25, -0.2) is 9.59 Å². The van der Waals surface area contributed by atoms with E-state index in [1.807, 2.05) is 6.92 Å². The highest BCUT2D eigenvalue weighted by molar-refractivity contribution is 9.10. The number of hydrogen-bond acceptors (Lipinski definition) is 4. The van der Waals surface area contributed by atoms with E-state index in [1.54, 1.807) is 13.8 Å². The van der Waals surface area contributed by atoms with E-state index >= 15 is 0 Å². The third kappa shape index (κ3) is 2.77. The van der Waals surface area contributed by atoms with E-state index in [-0.39, 0.29) is 17.9 Å². The summed E-state index contributed by atoms with van der Waals surface area (Å²) in [6, 6.07) is -0.769. The minimum Gasteiger partial charge on any atom is -0.478 e. The van der Waals surface area contributed by atoms with Gasteiger partial charge in [0.2, 0.25) is 0 Å². The number of carboxylic acid groups (broad SMARTS) is 1. The van der Waals surface area contributed by atoms with Crippen LogP contribution >= 0.6 is 15.9 Å². The van der Waals surface area contributed by atoms with Crippen molar-refractivity contribution in [3.05, 3.63) is 21.4 Å². The van der Waals surface area contributed by atoms with Crippen LogP contribution in [0.1, 0.15) is 53.4 Å². The van der Waals surface area contributed by atoms with Crippen LogP contribution in [-0.4, -0.2) is 34.5 Å². The summed E-state index contributed by atoms with van der Waals surface area (Å²) < 4.78 is 6.67. The number of esters is 1. The van der Waals surface area contributed by atoms with Crippen LogP contribution < -0.4 is 0 Å². The first-order chi connectivity index (χ1) is 9.40. The van der Waals surface area contributed by atoms with Gasteiger partial charge in [0.05, 0.1) is 16.8 Å². The van der Waals surface area contributed by atoms with Crippen LogP contribution in [0.15, 0.2) is 4.47 Å². The molecule has 1 atom stereocenters. The number of aromatic nitrogens is 1. The molecule has 0 aromatic carbocycles. The second kappa shape index (κ2) is 6.69. The first kappa shape index (κ1) is 16.4. The lowest BCUT2D eigenvalue weighted by molar-refractivity contribution is -0.146. The summed E-state index contributed by atoms with van der Waals surface area (Å²) in [6.45, 7) is 5.28. The smallest absolute Gasteiger partial charge is 0.339 e. The molecule has 0 aliphatic rings. The highest BCUT2D eigenvalue weighted by Crippen LogP contribution is 2.31. The van der Waals surface area contributed by atoms with Crippen LogP contribution in [0.25, 0.3) is 0 Å². The molecule has 1 N–H and O–H groups in total. The highest BCUT2D eigenvalue weighted by Gasteiger charge is 2.29. The largest absolute Gasteiger partial charge is 0.478 e. The molecule has 1 aromatic rings. The number of carbonyl (C=O) groups is 3. The van der Waals surface area contributed by atoms with E-state index in [0.717, 1.165) is 0 Å². The van der Waals surface area contributed by atoms with E-state index in [2.05, 4.69) is 15.9 Å². The Balaban J connectivity index is 3.52. The third-order valence-corrected chi connectivity index (χ3v) is 3.81. The second-order valence-corrected chi connectivity index (χ2v) is 4.89. The molecule has 0 saturated heterocycles. The first-order valence-electron chi connectivity index (χ1n) is 6.18. The quantitative estimate of drug-likeness (QED) is 0.632. The Bertz CT molecular complexity index is 549. The summed E-state index contributed by atoms with van der Waals surface area (Å²) in [7, 11) is 0. The van der Waals surface area contributed by atoms with Gasteiger partial charge in [-0.3, -0.25) is 4.79 Å². The van der Waals surface area contributed by atoms with Gasteiger partial charge in [0.25, 0.3) is 0 Å². The van der Waals surface area contributed by atoms with Crippen molar-refractivity contribution in [1.29, 1.82) is 0 Å². The summed E-state index contributed by atoms with van der Waals surface area (Å²) in [6.07, 6.45) is 0.918. The molecule has 0 aliphatic heterocycles. The zero-order chi connectivity index (χ0) is 15.4. The molecule has 0 aliphatic carbocycles. The summed E-state index contributed by atoms with van der Waals surface area (Å²) in [5, 5.41) is 9.22. The average Bonchev–Trinajstić information content (AvgIpc) is 2.69. The predicted octanol–water partition coefficient (Wildman–Crippen LogP) is 2.45. The minimum atomic E-state index is -1.22. The number of halogens is 1. The van der Waals surface area contributed by atoms with Crippen molar-refractivity contribution in [3.8, 4) is 0 Å². The molecule has 7 heteroatoms. The molecule has 0 fully saturated rings. The molecule has 6 nitrogen and oxygen atoms in total. The molecular formula is C13H16BrNO5. The number of nitrogens with zero attached hydrogens (tertiary/aromatic N) is 1. The van der Waals surface area contributed by atoms with E-state index in [4.69, 9.17) is 4.74 Å². The Hall–Kier alpha value is -1.63. The topological polar surface area (TPSA) is 85.6 Å². The highest BCUT2D eigenvalue weighted by atomic mass is 79.9. The fraction of sp³-hybridized carbons (Fsp3) is 0.462. The lowest BCUT2D eigenvalue weighted by atomic mass is 10.2. The van der Waals surface area contributed by atoms with Crippen molar-refractivity contribution >= 4 is 34.2 Å². The zero-order valence-electron chi connectivity index (χ0n) is 11.5. The van der Waals surface area contributed by atoms with Crippen molar-refractivity contribution in [2.75, 3.05) is 6.61 Å². The maximum Gasteiger partial charge on any atom is 0.339 e. The van der Waals surface area contributed by atoms with Gasteiger partial charge >= 0.3 is 11.9 Å². The Morgan fingerprint density at radius 1 is 1.45 bits per heavy atom. The molecule has 1 heterocycles. The van der Waals surface area contributed by atoms with Gasteiger partial charge in [-0.05, 0) is 36.2 Å². The monoisotopic (exact) mass is 345 g/mol. The fourth-order valence-electron chi connectivity index (χ4n) is 2.08. The number of carboxylic acids is 1. The van der Waals surface area contributed by atoms with Crippen LogP contribution in [0, 0.1) is 0 Å². The second-order valence-electron chi connectivity index (χ2n) is 4.10. The van der Waals surface area contributed by atoms with Gasteiger partial charge < -0.3 is 14.4 Å². The third-order valence-electron chi connectivity index (χ3n) is 2.95. The molecule has 0 bridgehead atoms. The summed E-state index contributed by atoms with van der Waals surface area (Å²) >= 11 is 3.20. The van der Waals surface area contributed by atoms with Gasteiger partial charge in [-0.15, -0.1) is 0 Å². The van der Waals surface area contributed by atoms with Crippen molar-refractivity contribution in [3.63, 3.8) is 0 Å². The summed E-state index contributed by atoms with van der Waals surface area (Å²) in [4.78, 5) is 34.4. The van der Waals surface area contributed by atoms with E-state index in [9.17, 15) is 19.5 Å². The van der Waals surface area contributed by atoms with Gasteiger partial charge in [0, 0.05) is 5.69 Å². The van der Waals surface area contributed by atoms with Crippen molar-refractivity contribution in [1.82, 2.24) is 4.57 Å². The molecule has 0 saturated carbocycles. The lowest BCUT2D eigenvalue weighted by Gasteiger charge is -2.17. The van der Waals surface area contributed by atoms with E-state index in [1.165, 1.54) is 4.57 Å². The maximum absolute atomic E-state index is 11.8. The summed E-state index contributed by atoms with van der Waals surface area (Å²) in [5.41, 5.74) is 0.403. The molecular weight excluding hydrogens is 330 g/mol. The van der Waals surface area contributed by atoms with Gasteiger partial charge in [0.1, 0.15) is 11.6 Å². The van der Waals surface area contributed by atoms with Crippen LogP contribution in [0.3, 0.4) is 0 Å². The Kier molecular flexibility index (Phi) is 5.50. The fourth-order valence-corrected chi connectivity index (χ4v) is 2.93. The lowest BCUT2D eigenvalue weighted by Crippen LogP contribution is -2.22. The summed E-state index contributed by atoms with van der Waals surface area (Å²) in [5.74, 6) is -1.73. The number of carbonyl (C=O) groups excluding carboxylic acids is 2. The molecule has 1 rings (SSSR count). The van der Waals surface area contributed by atoms with Crippen LogP contribution in [0.2, 0.25) is 0 Å². The molecule has 20 heavy (non-hydrogen) atoms. The number of aromatic carboxylic acids is 1. The number of aldehydes is 1. The minimum absolute atomic E-state index is 0.0400. The Labute approximate surface area is 124 Å². The Morgan fingerprint density at radius 3 is 2.45 bits per heavy atom. The molecule has 0 radical (unpaired) electrons. The van der Waals surface area contributed by atoms with Crippen LogP contribution in [0.4, 0.5) is 0 Å². The van der Waals surface area contributed by atoms with Gasteiger partial charge in [-0.2, -0.15) is 0 Å². The van der Waals surface area contributed by atoms with Crippen LogP contribution in [-0.2, 0) is 16.0 Å². The average molecular weight is 346 g/mol. The normalized spacial score (nSPS) is 12.0. The first-order valence-corrected chi connectivity index (χ1v) is 6.97. The van der Waals surface area contributed by atoms with Gasteiger partial charge in [0.15, 0.2) is 6.29 Å². The Morgan fingerprint density at radius 2 is 2.05 bits per heavy atom. The molecule has 1 aromatic heterocycles. The van der Waals surface area contributed by atoms with Crippen molar-refractivity contribution < 1.29 is 24.2 Å². The predicted molar refractivity (Wildman–Crippen MR) is 75.2 cm³/mol. The zero-order valence-corrected chi connectivity index (χ0v) is 13.1. The van der Waals surface area contributed by atoms with Gasteiger partial charge in [-0.1, -0.05) is 6.92 Å². The van der Waals surface area contributed by atoms with E-state index in [0.29, 0.717) is 22.9 Å². The number of hydrogen-bond donors (Lipinski definition) is 1. The number of rotatable bonds is 6. The van der Waals surface area contributed by atoms with Crippen molar-refractivity contribution in [2.24, 2.45) is 0 Å². The SMILES string of the molecule is CCOC(=O)C(C)n1c(C=O)c(C(=O)O)c(Br)c1CC. The van der Waals surface area contributed by atoms with Crippen LogP contribution in [0.5, 0.6) is 0 Å². The molecule has 0 amide bonds. The molecule has 0 spiro atoms. The van der Waals surface area contributed by atoms with E-state index < -0.39 is 18.0 Å². The maximum atomic E-state index is 11.8. The number of ether oxygens (including phenoxy) is 1. The molecule has 1 unspecified atom stereocenters. The molecule has 110 valence electrons.